The molecular formula is C11H16ClNO2S. The van der Waals surface area contributed by atoms with Crippen molar-refractivity contribution >= 4 is 19.9 Å². The summed E-state index contributed by atoms with van der Waals surface area (Å²) < 4.78 is 24.2. The number of rotatable bonds is 3. The van der Waals surface area contributed by atoms with E-state index >= 15 is 0 Å². The third-order valence-corrected chi connectivity index (χ3v) is 3.88. The van der Waals surface area contributed by atoms with Crippen LogP contribution in [0.25, 0.3) is 0 Å². The smallest absolute Gasteiger partial charge is 0.195 e. The number of benzene rings is 1. The summed E-state index contributed by atoms with van der Waals surface area (Å²) in [6.07, 6.45) is 0. The standard InChI is InChI=1S/C11H16ClNO2S/c1-11(2,3)13(16(12,14)15)9-10-7-5-4-6-8-10/h4-8H,9H2,1-3H3. The van der Waals surface area contributed by atoms with Gasteiger partial charge in [-0.2, -0.15) is 12.7 Å². The first-order valence-corrected chi connectivity index (χ1v) is 7.24. The molecule has 1 aromatic carbocycles. The molecule has 0 amide bonds. The van der Waals surface area contributed by atoms with E-state index in [2.05, 4.69) is 0 Å². The lowest BCUT2D eigenvalue weighted by molar-refractivity contribution is 0.247. The van der Waals surface area contributed by atoms with E-state index in [-0.39, 0.29) is 6.54 Å². The van der Waals surface area contributed by atoms with E-state index in [1.165, 1.54) is 4.31 Å². The Kier molecular flexibility index (Phi) is 3.99. The molecule has 0 aliphatic carbocycles. The lowest BCUT2D eigenvalue weighted by Gasteiger charge is -2.32. The molecule has 0 aromatic heterocycles. The second kappa shape index (κ2) is 4.73. The highest BCUT2D eigenvalue weighted by Crippen LogP contribution is 2.23. The zero-order valence-corrected chi connectivity index (χ0v) is 11.2. The van der Waals surface area contributed by atoms with Gasteiger partial charge in [0.25, 0.3) is 0 Å². The first-order chi connectivity index (χ1) is 7.21. The van der Waals surface area contributed by atoms with Crippen molar-refractivity contribution in [3.63, 3.8) is 0 Å². The number of nitrogens with zero attached hydrogens (tertiary/aromatic N) is 1. The molecule has 0 fully saturated rings. The fourth-order valence-corrected chi connectivity index (χ4v) is 3.12. The van der Waals surface area contributed by atoms with E-state index in [4.69, 9.17) is 10.7 Å². The Morgan fingerprint density at radius 1 is 1.19 bits per heavy atom. The predicted octanol–water partition coefficient (Wildman–Crippen LogP) is 2.77. The maximum Gasteiger partial charge on any atom is 0.300 e. The molecule has 0 saturated heterocycles. The SMILES string of the molecule is CC(C)(C)N(Cc1ccccc1)S(=O)(=O)Cl. The van der Waals surface area contributed by atoms with E-state index in [0.717, 1.165) is 5.56 Å². The Hall–Kier alpha value is -0.580. The van der Waals surface area contributed by atoms with Gasteiger partial charge in [0.1, 0.15) is 0 Å². The molecule has 16 heavy (non-hydrogen) atoms. The van der Waals surface area contributed by atoms with Gasteiger partial charge in [0, 0.05) is 22.8 Å². The molecule has 0 spiro atoms. The van der Waals surface area contributed by atoms with Crippen LogP contribution in [0.3, 0.4) is 0 Å². The third kappa shape index (κ3) is 3.77. The van der Waals surface area contributed by atoms with Gasteiger partial charge in [0.15, 0.2) is 0 Å². The molecule has 0 unspecified atom stereocenters. The number of halogens is 1. The Balaban J connectivity index is 2.99. The summed E-state index contributed by atoms with van der Waals surface area (Å²) in [5.74, 6) is 0. The highest BCUT2D eigenvalue weighted by molar-refractivity contribution is 8.11. The Labute approximate surface area is 102 Å². The zero-order chi connectivity index (χ0) is 12.4. The minimum absolute atomic E-state index is 0.288. The third-order valence-electron chi connectivity index (χ3n) is 2.18. The first-order valence-electron chi connectivity index (χ1n) is 4.97. The Morgan fingerprint density at radius 3 is 2.06 bits per heavy atom. The molecule has 5 heteroatoms. The highest BCUT2D eigenvalue weighted by Gasteiger charge is 2.31. The van der Waals surface area contributed by atoms with Crippen molar-refractivity contribution in [3.8, 4) is 0 Å². The molecule has 1 rings (SSSR count). The molecule has 0 aliphatic rings. The summed E-state index contributed by atoms with van der Waals surface area (Å²) in [4.78, 5) is 0. The molecule has 0 N–H and O–H groups in total. The van der Waals surface area contributed by atoms with Crippen LogP contribution < -0.4 is 0 Å². The van der Waals surface area contributed by atoms with E-state index < -0.39 is 14.8 Å². The second-order valence-corrected chi connectivity index (χ2v) is 7.04. The fourth-order valence-electron chi connectivity index (χ4n) is 1.39. The maximum atomic E-state index is 11.5. The van der Waals surface area contributed by atoms with Crippen molar-refractivity contribution in [2.45, 2.75) is 32.9 Å². The average molecular weight is 262 g/mol. The van der Waals surface area contributed by atoms with Crippen molar-refractivity contribution in [2.24, 2.45) is 0 Å². The summed E-state index contributed by atoms with van der Waals surface area (Å²) in [6, 6.07) is 9.38. The van der Waals surface area contributed by atoms with Gasteiger partial charge in [-0.1, -0.05) is 30.3 Å². The van der Waals surface area contributed by atoms with Crippen LogP contribution in [0, 0.1) is 0 Å². The summed E-state index contributed by atoms with van der Waals surface area (Å²) in [6.45, 7) is 5.73. The first kappa shape index (κ1) is 13.5. The van der Waals surface area contributed by atoms with E-state index in [1.807, 2.05) is 51.1 Å². The van der Waals surface area contributed by atoms with Gasteiger partial charge >= 0.3 is 9.24 Å². The predicted molar refractivity (Wildman–Crippen MR) is 66.5 cm³/mol. The van der Waals surface area contributed by atoms with Crippen molar-refractivity contribution in [3.05, 3.63) is 35.9 Å². The normalized spacial score (nSPS) is 13.1. The van der Waals surface area contributed by atoms with Gasteiger partial charge in [-0.05, 0) is 26.3 Å². The molecule has 0 saturated carbocycles. The Morgan fingerprint density at radius 2 is 1.69 bits per heavy atom. The van der Waals surface area contributed by atoms with E-state index in [1.54, 1.807) is 0 Å². The molecule has 90 valence electrons. The van der Waals surface area contributed by atoms with Gasteiger partial charge in [-0.3, -0.25) is 0 Å². The van der Waals surface area contributed by atoms with Gasteiger partial charge < -0.3 is 0 Å². The van der Waals surface area contributed by atoms with Gasteiger partial charge in [-0.25, -0.2) is 0 Å². The lowest BCUT2D eigenvalue weighted by atomic mass is 10.1. The molecule has 0 atom stereocenters. The zero-order valence-electron chi connectivity index (χ0n) is 9.64. The molecule has 0 heterocycles. The van der Waals surface area contributed by atoms with Crippen molar-refractivity contribution in [1.29, 1.82) is 0 Å². The van der Waals surface area contributed by atoms with Gasteiger partial charge in [0.05, 0.1) is 0 Å². The topological polar surface area (TPSA) is 37.4 Å². The number of hydrogen-bond acceptors (Lipinski definition) is 2. The van der Waals surface area contributed by atoms with Crippen LogP contribution in [0.5, 0.6) is 0 Å². The van der Waals surface area contributed by atoms with Crippen molar-refractivity contribution in [1.82, 2.24) is 4.31 Å². The van der Waals surface area contributed by atoms with Crippen LogP contribution >= 0.6 is 10.7 Å². The lowest BCUT2D eigenvalue weighted by Crippen LogP contribution is -2.42. The van der Waals surface area contributed by atoms with Crippen LogP contribution in [0.4, 0.5) is 0 Å². The summed E-state index contributed by atoms with van der Waals surface area (Å²) in [5, 5.41) is 0. The molecular weight excluding hydrogens is 246 g/mol. The highest BCUT2D eigenvalue weighted by atomic mass is 35.7. The minimum atomic E-state index is -3.72. The summed E-state index contributed by atoms with van der Waals surface area (Å²) >= 11 is 0. The van der Waals surface area contributed by atoms with Gasteiger partial charge in [-0.15, -0.1) is 0 Å². The van der Waals surface area contributed by atoms with Crippen LogP contribution in [-0.4, -0.2) is 18.3 Å². The monoisotopic (exact) mass is 261 g/mol. The Bertz CT molecular complexity index is 437. The van der Waals surface area contributed by atoms with Crippen LogP contribution in [0.15, 0.2) is 30.3 Å². The molecule has 0 bridgehead atoms. The van der Waals surface area contributed by atoms with Crippen LogP contribution in [-0.2, 0) is 15.8 Å². The quantitative estimate of drug-likeness (QED) is 0.785. The summed E-state index contributed by atoms with van der Waals surface area (Å²) in [5.41, 5.74) is 0.387. The molecule has 1 aromatic rings. The fraction of sp³-hybridized carbons (Fsp3) is 0.455. The van der Waals surface area contributed by atoms with Crippen LogP contribution in [0.1, 0.15) is 26.3 Å². The van der Waals surface area contributed by atoms with Crippen molar-refractivity contribution in [2.75, 3.05) is 0 Å². The van der Waals surface area contributed by atoms with E-state index in [9.17, 15) is 8.42 Å². The largest absolute Gasteiger partial charge is 0.300 e. The average Bonchev–Trinajstić information content (AvgIpc) is 2.12. The maximum absolute atomic E-state index is 11.5. The molecule has 3 nitrogen and oxygen atoms in total. The molecule has 0 radical (unpaired) electrons. The second-order valence-electron chi connectivity index (χ2n) is 4.61. The summed E-state index contributed by atoms with van der Waals surface area (Å²) in [7, 11) is 1.72. The van der Waals surface area contributed by atoms with E-state index in [0.29, 0.717) is 0 Å². The van der Waals surface area contributed by atoms with Crippen LogP contribution in [0.2, 0.25) is 0 Å². The van der Waals surface area contributed by atoms with Gasteiger partial charge in [0.2, 0.25) is 0 Å². The number of hydrogen-bond donors (Lipinski definition) is 0. The minimum Gasteiger partial charge on any atom is -0.195 e. The van der Waals surface area contributed by atoms with Crippen molar-refractivity contribution < 1.29 is 8.42 Å². The molecule has 0 aliphatic heterocycles.